The van der Waals surface area contributed by atoms with Gasteiger partial charge in [-0.1, -0.05) is 0 Å². The maximum Gasteiger partial charge on any atom is 0.219 e. The zero-order chi connectivity index (χ0) is 19.7. The van der Waals surface area contributed by atoms with Crippen molar-refractivity contribution in [1.82, 2.24) is 24.6 Å². The van der Waals surface area contributed by atoms with Crippen LogP contribution in [0.25, 0.3) is 0 Å². The van der Waals surface area contributed by atoms with E-state index in [1.165, 1.54) is 23.4 Å². The molecule has 1 atom stereocenters. The molecule has 0 N–H and O–H groups in total. The minimum absolute atomic E-state index is 0.170. The Hall–Kier alpha value is -2.41. The third kappa shape index (κ3) is 4.04. The molecule has 1 amide bonds. The van der Waals surface area contributed by atoms with E-state index in [0.29, 0.717) is 6.04 Å². The number of carbonyl (C=O) groups is 1. The van der Waals surface area contributed by atoms with Gasteiger partial charge < -0.3 is 9.80 Å². The summed E-state index contributed by atoms with van der Waals surface area (Å²) in [6, 6.07) is 4.80. The number of aryl methyl sites for hydroxylation is 2. The molecule has 2 saturated heterocycles. The number of amides is 1. The number of nitrogens with zero attached hydrogens (tertiary/aromatic N) is 6. The largest absolute Gasteiger partial charge is 0.368 e. The van der Waals surface area contributed by atoms with Crippen LogP contribution in [-0.2, 0) is 18.4 Å². The van der Waals surface area contributed by atoms with E-state index in [-0.39, 0.29) is 5.91 Å². The van der Waals surface area contributed by atoms with Crippen LogP contribution in [0.1, 0.15) is 42.8 Å². The van der Waals surface area contributed by atoms with Crippen LogP contribution in [0.4, 0.5) is 5.69 Å². The van der Waals surface area contributed by atoms with E-state index in [9.17, 15) is 4.79 Å². The normalized spacial score (nSPS) is 20.8. The molecular formula is C21H30N6O. The van der Waals surface area contributed by atoms with Crippen LogP contribution < -0.4 is 4.90 Å². The van der Waals surface area contributed by atoms with Gasteiger partial charge in [0.1, 0.15) is 0 Å². The molecule has 0 aromatic carbocycles. The molecule has 7 heteroatoms. The molecule has 0 radical (unpaired) electrons. The molecule has 2 aromatic rings. The zero-order valence-electron chi connectivity index (χ0n) is 17.1. The summed E-state index contributed by atoms with van der Waals surface area (Å²) in [5.74, 6) is 0.170. The lowest BCUT2D eigenvalue weighted by Crippen LogP contribution is -2.48. The molecule has 150 valence electrons. The van der Waals surface area contributed by atoms with Crippen LogP contribution in [-0.4, -0.2) is 63.2 Å². The van der Waals surface area contributed by atoms with E-state index in [4.69, 9.17) is 4.98 Å². The van der Waals surface area contributed by atoms with Crippen LogP contribution in [0.5, 0.6) is 0 Å². The summed E-state index contributed by atoms with van der Waals surface area (Å²) in [5, 5.41) is 4.30. The standard InChI is InChI=1S/C21H30N6O/c1-16-11-19(26-9-7-25(8-10-26)17(2)28)12-20(23-16)21-5-4-6-27(21)15-18-13-22-24(3)14-18/h11-14,21H,4-10,15H2,1-3H3. The first kappa shape index (κ1) is 18.9. The zero-order valence-corrected chi connectivity index (χ0v) is 17.1. The first-order chi connectivity index (χ1) is 13.5. The lowest BCUT2D eigenvalue weighted by Gasteiger charge is -2.36. The molecule has 0 bridgehead atoms. The molecule has 0 saturated carbocycles. The predicted molar refractivity (Wildman–Crippen MR) is 109 cm³/mol. The number of hydrogen-bond acceptors (Lipinski definition) is 5. The Morgan fingerprint density at radius 1 is 1.18 bits per heavy atom. The van der Waals surface area contributed by atoms with E-state index in [1.54, 1.807) is 6.92 Å². The Morgan fingerprint density at radius 3 is 2.64 bits per heavy atom. The highest BCUT2D eigenvalue weighted by atomic mass is 16.2. The van der Waals surface area contributed by atoms with Crippen LogP contribution >= 0.6 is 0 Å². The van der Waals surface area contributed by atoms with Crippen LogP contribution in [0.15, 0.2) is 24.5 Å². The molecule has 4 rings (SSSR count). The van der Waals surface area contributed by atoms with Crippen molar-refractivity contribution >= 4 is 11.6 Å². The summed E-state index contributed by atoms with van der Waals surface area (Å²) in [5.41, 5.74) is 4.72. The molecule has 2 aliphatic heterocycles. The van der Waals surface area contributed by atoms with Gasteiger partial charge in [-0.05, 0) is 38.4 Å². The highest BCUT2D eigenvalue weighted by Crippen LogP contribution is 2.34. The van der Waals surface area contributed by atoms with E-state index in [2.05, 4.69) is 40.2 Å². The first-order valence-corrected chi connectivity index (χ1v) is 10.2. The average molecular weight is 383 g/mol. The minimum atomic E-state index is 0.170. The molecule has 7 nitrogen and oxygen atoms in total. The number of aromatic nitrogens is 3. The van der Waals surface area contributed by atoms with Gasteiger partial charge in [0.15, 0.2) is 0 Å². The van der Waals surface area contributed by atoms with Gasteiger partial charge in [-0.15, -0.1) is 0 Å². The lowest BCUT2D eigenvalue weighted by atomic mass is 10.1. The Labute approximate surface area is 166 Å². The lowest BCUT2D eigenvalue weighted by molar-refractivity contribution is -0.129. The SMILES string of the molecule is CC(=O)N1CCN(c2cc(C)nc(C3CCCN3Cc3cnn(C)c3)c2)CC1. The third-order valence-corrected chi connectivity index (χ3v) is 5.90. The maximum absolute atomic E-state index is 11.6. The van der Waals surface area contributed by atoms with Crippen molar-refractivity contribution in [3.63, 3.8) is 0 Å². The van der Waals surface area contributed by atoms with E-state index in [1.807, 2.05) is 22.8 Å². The summed E-state index contributed by atoms with van der Waals surface area (Å²) in [6.07, 6.45) is 6.40. The molecule has 1 unspecified atom stereocenters. The Bertz CT molecular complexity index is 839. The number of rotatable bonds is 4. The number of piperazine rings is 1. The minimum Gasteiger partial charge on any atom is -0.368 e. The molecule has 4 heterocycles. The van der Waals surface area contributed by atoms with Crippen molar-refractivity contribution in [3.8, 4) is 0 Å². The second kappa shape index (κ2) is 7.91. The summed E-state index contributed by atoms with van der Waals surface area (Å²) in [7, 11) is 1.96. The summed E-state index contributed by atoms with van der Waals surface area (Å²) in [4.78, 5) is 23.3. The number of pyridine rings is 1. The fourth-order valence-electron chi connectivity index (χ4n) is 4.45. The van der Waals surface area contributed by atoms with Crippen molar-refractivity contribution in [2.75, 3.05) is 37.6 Å². The fraction of sp³-hybridized carbons (Fsp3) is 0.571. The van der Waals surface area contributed by atoms with E-state index >= 15 is 0 Å². The van der Waals surface area contributed by atoms with Crippen molar-refractivity contribution in [2.24, 2.45) is 7.05 Å². The first-order valence-electron chi connectivity index (χ1n) is 10.2. The monoisotopic (exact) mass is 382 g/mol. The van der Waals surface area contributed by atoms with Gasteiger partial charge in [0.25, 0.3) is 0 Å². The average Bonchev–Trinajstić information content (AvgIpc) is 3.30. The predicted octanol–water partition coefficient (Wildman–Crippen LogP) is 2.13. The highest BCUT2D eigenvalue weighted by molar-refractivity contribution is 5.73. The Morgan fingerprint density at radius 2 is 1.96 bits per heavy atom. The van der Waals surface area contributed by atoms with E-state index < -0.39 is 0 Å². The van der Waals surface area contributed by atoms with Crippen molar-refractivity contribution < 1.29 is 4.79 Å². The number of anilines is 1. The van der Waals surface area contributed by atoms with Gasteiger partial charge >= 0.3 is 0 Å². The van der Waals surface area contributed by atoms with Gasteiger partial charge in [-0.2, -0.15) is 5.10 Å². The van der Waals surface area contributed by atoms with Crippen LogP contribution in [0, 0.1) is 6.92 Å². The summed E-state index contributed by atoms with van der Waals surface area (Å²) < 4.78 is 1.87. The summed E-state index contributed by atoms with van der Waals surface area (Å²) in [6.45, 7) is 9.10. The van der Waals surface area contributed by atoms with Gasteiger partial charge in [0.05, 0.1) is 17.9 Å². The van der Waals surface area contributed by atoms with Crippen LogP contribution in [0.3, 0.4) is 0 Å². The molecule has 2 fully saturated rings. The van der Waals surface area contributed by atoms with Crippen LogP contribution in [0.2, 0.25) is 0 Å². The quantitative estimate of drug-likeness (QED) is 0.811. The van der Waals surface area contributed by atoms with Crippen molar-refractivity contribution in [1.29, 1.82) is 0 Å². The van der Waals surface area contributed by atoms with Crippen molar-refractivity contribution in [3.05, 3.63) is 41.5 Å². The van der Waals surface area contributed by atoms with Crippen molar-refractivity contribution in [2.45, 2.75) is 39.3 Å². The molecule has 28 heavy (non-hydrogen) atoms. The Balaban J connectivity index is 1.51. The number of carbonyl (C=O) groups excluding carboxylic acids is 1. The molecular weight excluding hydrogens is 352 g/mol. The molecule has 2 aliphatic rings. The second-order valence-electron chi connectivity index (χ2n) is 8.04. The van der Waals surface area contributed by atoms with Gasteiger partial charge in [0.2, 0.25) is 5.91 Å². The molecule has 0 aliphatic carbocycles. The smallest absolute Gasteiger partial charge is 0.219 e. The second-order valence-corrected chi connectivity index (χ2v) is 8.04. The number of likely N-dealkylation sites (tertiary alicyclic amines) is 1. The topological polar surface area (TPSA) is 57.5 Å². The number of hydrogen-bond donors (Lipinski definition) is 0. The highest BCUT2D eigenvalue weighted by Gasteiger charge is 2.28. The van der Waals surface area contributed by atoms with Gasteiger partial charge in [0, 0.05) is 69.8 Å². The third-order valence-electron chi connectivity index (χ3n) is 5.90. The molecule has 0 spiro atoms. The van der Waals surface area contributed by atoms with Gasteiger partial charge in [-0.25, -0.2) is 0 Å². The van der Waals surface area contributed by atoms with E-state index in [0.717, 1.165) is 51.4 Å². The Kier molecular flexibility index (Phi) is 5.35. The summed E-state index contributed by atoms with van der Waals surface area (Å²) >= 11 is 0. The maximum atomic E-state index is 11.6. The van der Waals surface area contributed by atoms with Gasteiger partial charge in [-0.3, -0.25) is 19.4 Å². The molecule has 2 aromatic heterocycles. The fourth-order valence-corrected chi connectivity index (χ4v) is 4.45.